The van der Waals surface area contributed by atoms with Crippen LogP contribution in [0.1, 0.15) is 90.5 Å². The molecule has 4 nitrogen and oxygen atoms in total. The molecule has 0 radical (unpaired) electrons. The molecule has 2 atom stereocenters. The third kappa shape index (κ3) is 7.11. The first-order valence-corrected chi connectivity index (χ1v) is 10.9. The average molecular weight is 388 g/mol. The van der Waals surface area contributed by atoms with Gasteiger partial charge in [-0.3, -0.25) is 0 Å². The van der Waals surface area contributed by atoms with Crippen molar-refractivity contribution in [1.29, 1.82) is 5.26 Å². The highest BCUT2D eigenvalue weighted by Gasteiger charge is 2.31. The summed E-state index contributed by atoms with van der Waals surface area (Å²) in [5.74, 6) is 0.770. The van der Waals surface area contributed by atoms with Gasteiger partial charge >= 0.3 is 0 Å². The van der Waals surface area contributed by atoms with E-state index in [-0.39, 0.29) is 11.7 Å². The average Bonchev–Trinajstić information content (AvgIpc) is 2.70. The van der Waals surface area contributed by atoms with Crippen LogP contribution in [0.2, 0.25) is 0 Å². The van der Waals surface area contributed by atoms with Crippen LogP contribution in [0.4, 0.5) is 0 Å². The molecule has 1 N–H and O–H groups in total. The van der Waals surface area contributed by atoms with Gasteiger partial charge in [-0.15, -0.1) is 0 Å². The third-order valence-electron chi connectivity index (χ3n) is 5.97. The number of nitrogens with zero attached hydrogens (tertiary/aromatic N) is 1. The molecule has 0 saturated carbocycles. The Kier molecular flexibility index (Phi) is 8.79. The van der Waals surface area contributed by atoms with Gasteiger partial charge in [0.15, 0.2) is 6.29 Å². The van der Waals surface area contributed by atoms with Gasteiger partial charge in [-0.25, -0.2) is 0 Å². The first-order valence-electron chi connectivity index (χ1n) is 10.9. The van der Waals surface area contributed by atoms with Crippen molar-refractivity contribution in [2.45, 2.75) is 96.9 Å². The van der Waals surface area contributed by atoms with Crippen molar-refractivity contribution >= 4 is 0 Å². The molecule has 0 amide bonds. The standard InChI is InChI=1S/C24H37NO3/c1-4-24(26,16-15-23(2,3)14-7-5-8-17-25)20-11-10-12-21(19-20)28-22-13-6-9-18-27-22/h10-12,19,22,26H,4-9,13-16,18H2,1-3H3. The lowest BCUT2D eigenvalue weighted by Crippen LogP contribution is -2.28. The molecule has 0 aromatic heterocycles. The summed E-state index contributed by atoms with van der Waals surface area (Å²) in [6.45, 7) is 7.31. The minimum atomic E-state index is -0.850. The minimum absolute atomic E-state index is 0.155. The summed E-state index contributed by atoms with van der Waals surface area (Å²) in [5, 5.41) is 20.1. The normalized spacial score (nSPS) is 19.6. The molecule has 28 heavy (non-hydrogen) atoms. The van der Waals surface area contributed by atoms with E-state index in [9.17, 15) is 5.11 Å². The van der Waals surface area contributed by atoms with E-state index < -0.39 is 5.60 Å². The van der Waals surface area contributed by atoms with Crippen LogP contribution in [0.3, 0.4) is 0 Å². The molecule has 1 fully saturated rings. The second kappa shape index (κ2) is 10.8. The Balaban J connectivity index is 1.97. The summed E-state index contributed by atoms with van der Waals surface area (Å²) in [7, 11) is 0. The molecule has 0 aliphatic carbocycles. The Morgan fingerprint density at radius 1 is 1.21 bits per heavy atom. The van der Waals surface area contributed by atoms with Crippen LogP contribution >= 0.6 is 0 Å². The zero-order valence-electron chi connectivity index (χ0n) is 17.9. The van der Waals surface area contributed by atoms with Gasteiger partial charge in [-0.1, -0.05) is 39.3 Å². The second-order valence-corrected chi connectivity index (χ2v) is 8.86. The van der Waals surface area contributed by atoms with Crippen LogP contribution in [0.15, 0.2) is 24.3 Å². The van der Waals surface area contributed by atoms with E-state index in [2.05, 4.69) is 19.9 Å². The summed E-state index contributed by atoms with van der Waals surface area (Å²) in [6, 6.07) is 10.1. The van der Waals surface area contributed by atoms with Gasteiger partial charge in [-0.05, 0) is 68.1 Å². The molecule has 0 spiro atoms. The van der Waals surface area contributed by atoms with Crippen LogP contribution in [-0.4, -0.2) is 18.0 Å². The number of hydrogen-bond acceptors (Lipinski definition) is 4. The minimum Gasteiger partial charge on any atom is -0.465 e. The maximum Gasteiger partial charge on any atom is 0.199 e. The van der Waals surface area contributed by atoms with E-state index in [1.54, 1.807) is 0 Å². The van der Waals surface area contributed by atoms with E-state index in [4.69, 9.17) is 14.7 Å². The van der Waals surface area contributed by atoms with Crippen molar-refractivity contribution < 1.29 is 14.6 Å². The van der Waals surface area contributed by atoms with Crippen LogP contribution < -0.4 is 4.74 Å². The topological polar surface area (TPSA) is 62.5 Å². The summed E-state index contributed by atoms with van der Waals surface area (Å²) in [5.41, 5.74) is 0.225. The fourth-order valence-electron chi connectivity index (χ4n) is 3.82. The summed E-state index contributed by atoms with van der Waals surface area (Å²) in [6.07, 6.45) is 9.04. The molecule has 1 aliphatic heterocycles. The third-order valence-corrected chi connectivity index (χ3v) is 5.97. The smallest absolute Gasteiger partial charge is 0.199 e. The Bertz CT molecular complexity index is 631. The monoisotopic (exact) mass is 387 g/mol. The van der Waals surface area contributed by atoms with E-state index in [0.717, 1.165) is 69.3 Å². The maximum absolute atomic E-state index is 11.4. The van der Waals surface area contributed by atoms with Crippen molar-refractivity contribution in [2.24, 2.45) is 5.41 Å². The van der Waals surface area contributed by atoms with Crippen LogP contribution in [0.5, 0.6) is 5.75 Å². The number of aliphatic hydroxyl groups is 1. The lowest BCUT2D eigenvalue weighted by atomic mass is 9.77. The van der Waals surface area contributed by atoms with Gasteiger partial charge < -0.3 is 14.6 Å². The predicted molar refractivity (Wildman–Crippen MR) is 112 cm³/mol. The number of hydrogen-bond donors (Lipinski definition) is 1. The molecule has 0 bridgehead atoms. The Morgan fingerprint density at radius 2 is 2.04 bits per heavy atom. The fraction of sp³-hybridized carbons (Fsp3) is 0.708. The number of benzene rings is 1. The fourth-order valence-corrected chi connectivity index (χ4v) is 3.82. The van der Waals surface area contributed by atoms with Crippen molar-refractivity contribution in [2.75, 3.05) is 6.61 Å². The summed E-state index contributed by atoms with van der Waals surface area (Å²) < 4.78 is 11.7. The molecule has 1 heterocycles. The molecule has 2 unspecified atom stereocenters. The highest BCUT2D eigenvalue weighted by molar-refractivity contribution is 5.32. The zero-order chi connectivity index (χ0) is 20.5. The molecular formula is C24H37NO3. The quantitative estimate of drug-likeness (QED) is 0.467. The lowest BCUT2D eigenvalue weighted by molar-refractivity contribution is -0.106. The number of ether oxygens (including phenoxy) is 2. The van der Waals surface area contributed by atoms with Crippen LogP contribution in [-0.2, 0) is 10.3 Å². The molecule has 156 valence electrons. The first kappa shape index (κ1) is 22.7. The zero-order valence-corrected chi connectivity index (χ0v) is 17.9. The molecule has 1 aromatic rings. The largest absolute Gasteiger partial charge is 0.465 e. The predicted octanol–water partition coefficient (Wildman–Crippen LogP) is 6.08. The van der Waals surface area contributed by atoms with Gasteiger partial charge in [0.05, 0.1) is 18.3 Å². The van der Waals surface area contributed by atoms with Crippen LogP contribution in [0.25, 0.3) is 0 Å². The summed E-state index contributed by atoms with van der Waals surface area (Å²) in [4.78, 5) is 0. The molecule has 1 aromatic carbocycles. The van der Waals surface area contributed by atoms with Crippen molar-refractivity contribution in [3.05, 3.63) is 29.8 Å². The SMILES string of the molecule is CCC(O)(CCC(C)(C)CCCCC#N)c1cccc(OC2CCCCO2)c1. The van der Waals surface area contributed by atoms with Gasteiger partial charge in [-0.2, -0.15) is 5.26 Å². The number of nitriles is 1. The highest BCUT2D eigenvalue weighted by atomic mass is 16.7. The van der Waals surface area contributed by atoms with E-state index >= 15 is 0 Å². The van der Waals surface area contributed by atoms with Gasteiger partial charge in [0, 0.05) is 12.8 Å². The van der Waals surface area contributed by atoms with Crippen molar-refractivity contribution in [1.82, 2.24) is 0 Å². The first-order chi connectivity index (χ1) is 13.4. The number of unbranched alkanes of at least 4 members (excludes halogenated alkanes) is 2. The van der Waals surface area contributed by atoms with Gasteiger partial charge in [0.25, 0.3) is 0 Å². The summed E-state index contributed by atoms with van der Waals surface area (Å²) >= 11 is 0. The molecule has 4 heteroatoms. The number of rotatable bonds is 11. The molecule has 2 rings (SSSR count). The molecule has 1 aliphatic rings. The Morgan fingerprint density at radius 3 is 2.71 bits per heavy atom. The van der Waals surface area contributed by atoms with E-state index in [0.29, 0.717) is 12.8 Å². The van der Waals surface area contributed by atoms with Gasteiger partial charge in [0.2, 0.25) is 0 Å². The Hall–Kier alpha value is -1.57. The van der Waals surface area contributed by atoms with Crippen LogP contribution in [0, 0.1) is 16.7 Å². The highest BCUT2D eigenvalue weighted by Crippen LogP contribution is 2.38. The molecular weight excluding hydrogens is 350 g/mol. The van der Waals surface area contributed by atoms with Crippen molar-refractivity contribution in [3.63, 3.8) is 0 Å². The van der Waals surface area contributed by atoms with E-state index in [1.165, 1.54) is 0 Å². The second-order valence-electron chi connectivity index (χ2n) is 8.86. The molecule has 1 saturated heterocycles. The maximum atomic E-state index is 11.4. The lowest BCUT2D eigenvalue weighted by Gasteiger charge is -2.33. The van der Waals surface area contributed by atoms with E-state index in [1.807, 2.05) is 31.2 Å². The van der Waals surface area contributed by atoms with Crippen molar-refractivity contribution in [3.8, 4) is 11.8 Å². The Labute approximate surface area is 170 Å². The van der Waals surface area contributed by atoms with Gasteiger partial charge in [0.1, 0.15) is 5.75 Å².